The van der Waals surface area contributed by atoms with E-state index in [1.165, 1.54) is 0 Å². The quantitative estimate of drug-likeness (QED) is 0.457. The number of anilines is 1. The van der Waals surface area contributed by atoms with Gasteiger partial charge in [0, 0.05) is 22.8 Å². The van der Waals surface area contributed by atoms with Gasteiger partial charge in [0.2, 0.25) is 5.91 Å². The van der Waals surface area contributed by atoms with E-state index in [1.807, 2.05) is 31.4 Å². The van der Waals surface area contributed by atoms with Gasteiger partial charge in [-0.05, 0) is 98.8 Å². The van der Waals surface area contributed by atoms with Gasteiger partial charge in [-0.3, -0.25) is 19.3 Å². The first-order valence-corrected chi connectivity index (χ1v) is 11.8. The molecule has 1 saturated heterocycles. The number of rotatable bonds is 7. The number of nitrogens with zero attached hydrogens (tertiary/aromatic N) is 2. The molecular formula is C26H25N3O5S. The van der Waals surface area contributed by atoms with Crippen LogP contribution in [0, 0.1) is 13.8 Å². The Balaban J connectivity index is 1.47. The maximum absolute atomic E-state index is 12.9. The highest BCUT2D eigenvalue weighted by Gasteiger charge is 2.36. The smallest absolute Gasteiger partial charge is 0.294 e. The van der Waals surface area contributed by atoms with Gasteiger partial charge < -0.3 is 19.7 Å². The molecule has 0 aliphatic carbocycles. The second kappa shape index (κ2) is 10.1. The summed E-state index contributed by atoms with van der Waals surface area (Å²) in [6, 6.07) is 15.6. The van der Waals surface area contributed by atoms with Crippen molar-refractivity contribution in [3.8, 4) is 17.2 Å². The van der Waals surface area contributed by atoms with Gasteiger partial charge in [-0.25, -0.2) is 0 Å². The van der Waals surface area contributed by atoms with E-state index in [-0.39, 0.29) is 17.2 Å². The summed E-state index contributed by atoms with van der Waals surface area (Å²) in [7, 11) is 0. The summed E-state index contributed by atoms with van der Waals surface area (Å²) in [5, 5.41) is 11.8. The standard InChI is InChI=1S/C26H25N3O5S/c1-4-34-22-11-5-19(6-12-22)27-24(31)15-28-25(32)23(35-26(28)33)14-18-13-16(2)29(17(18)3)20-7-9-21(30)10-8-20/h5-14,30H,4,15H2,1-3H3,(H,27,31)/b23-14+. The van der Waals surface area contributed by atoms with Gasteiger partial charge in [0.1, 0.15) is 18.0 Å². The first kappa shape index (κ1) is 24.2. The van der Waals surface area contributed by atoms with Crippen LogP contribution in [-0.2, 0) is 9.59 Å². The molecule has 1 aliphatic rings. The third-order valence-corrected chi connectivity index (χ3v) is 6.40. The molecule has 4 rings (SSSR count). The molecule has 0 atom stereocenters. The van der Waals surface area contributed by atoms with E-state index in [0.29, 0.717) is 18.0 Å². The van der Waals surface area contributed by atoms with Crippen LogP contribution in [0.1, 0.15) is 23.9 Å². The molecule has 2 aromatic carbocycles. The zero-order chi connectivity index (χ0) is 25.1. The summed E-state index contributed by atoms with van der Waals surface area (Å²) in [5.74, 6) is -0.109. The number of carbonyl (C=O) groups excluding carboxylic acids is 3. The predicted octanol–water partition coefficient (Wildman–Crippen LogP) is 4.87. The highest BCUT2D eigenvalue weighted by Crippen LogP contribution is 2.34. The minimum absolute atomic E-state index is 0.177. The summed E-state index contributed by atoms with van der Waals surface area (Å²) in [4.78, 5) is 39.1. The maximum atomic E-state index is 12.9. The number of nitrogens with one attached hydrogen (secondary N) is 1. The zero-order valence-electron chi connectivity index (χ0n) is 19.6. The molecule has 35 heavy (non-hydrogen) atoms. The van der Waals surface area contributed by atoms with Crippen LogP contribution < -0.4 is 10.1 Å². The Morgan fingerprint density at radius 3 is 2.43 bits per heavy atom. The highest BCUT2D eigenvalue weighted by atomic mass is 32.2. The summed E-state index contributed by atoms with van der Waals surface area (Å²) >= 11 is 0.814. The molecule has 0 unspecified atom stereocenters. The number of hydrogen-bond donors (Lipinski definition) is 2. The van der Waals surface area contributed by atoms with Crippen molar-refractivity contribution in [2.45, 2.75) is 20.8 Å². The van der Waals surface area contributed by atoms with Gasteiger partial charge >= 0.3 is 0 Å². The molecule has 180 valence electrons. The molecule has 9 heteroatoms. The van der Waals surface area contributed by atoms with Crippen LogP contribution in [0.15, 0.2) is 59.5 Å². The topological polar surface area (TPSA) is 101 Å². The fraction of sp³-hybridized carbons (Fsp3) is 0.192. The number of phenolic OH excluding ortho intramolecular Hbond substituents is 1. The number of carbonyl (C=O) groups is 3. The van der Waals surface area contributed by atoms with E-state index in [0.717, 1.165) is 39.3 Å². The highest BCUT2D eigenvalue weighted by molar-refractivity contribution is 8.18. The van der Waals surface area contributed by atoms with Crippen LogP contribution in [0.5, 0.6) is 11.5 Å². The fourth-order valence-electron chi connectivity index (χ4n) is 3.86. The van der Waals surface area contributed by atoms with Crippen molar-refractivity contribution in [3.63, 3.8) is 0 Å². The summed E-state index contributed by atoms with van der Waals surface area (Å²) in [6.07, 6.45) is 1.68. The first-order chi connectivity index (χ1) is 16.8. The molecule has 0 radical (unpaired) electrons. The number of ether oxygens (including phenoxy) is 1. The molecule has 1 aromatic heterocycles. The molecule has 0 saturated carbocycles. The van der Waals surface area contributed by atoms with Crippen molar-refractivity contribution in [3.05, 3.63) is 76.5 Å². The van der Waals surface area contributed by atoms with Crippen molar-refractivity contribution < 1.29 is 24.2 Å². The largest absolute Gasteiger partial charge is 0.508 e. The molecular weight excluding hydrogens is 466 g/mol. The molecule has 3 amide bonds. The van der Waals surface area contributed by atoms with Crippen molar-refractivity contribution in [2.75, 3.05) is 18.5 Å². The third kappa shape index (κ3) is 5.25. The Kier molecular flexibility index (Phi) is 6.97. The molecule has 0 bridgehead atoms. The van der Waals surface area contributed by atoms with E-state index < -0.39 is 17.1 Å². The molecule has 2 N–H and O–H groups in total. The molecule has 1 aliphatic heterocycles. The van der Waals surface area contributed by atoms with Crippen LogP contribution in [0.4, 0.5) is 10.5 Å². The van der Waals surface area contributed by atoms with E-state index in [9.17, 15) is 19.5 Å². The molecule has 3 aromatic rings. The molecule has 0 spiro atoms. The Hall–Kier alpha value is -3.98. The lowest BCUT2D eigenvalue weighted by atomic mass is 10.2. The van der Waals surface area contributed by atoms with Crippen LogP contribution in [0.25, 0.3) is 11.8 Å². The van der Waals surface area contributed by atoms with Gasteiger partial charge in [0.25, 0.3) is 11.1 Å². The number of aromatic nitrogens is 1. The van der Waals surface area contributed by atoms with Gasteiger partial charge in [-0.15, -0.1) is 0 Å². The van der Waals surface area contributed by atoms with Crippen molar-refractivity contribution in [1.29, 1.82) is 0 Å². The monoisotopic (exact) mass is 491 g/mol. The summed E-state index contributed by atoms with van der Waals surface area (Å²) < 4.78 is 7.38. The zero-order valence-corrected chi connectivity index (χ0v) is 20.4. The Bertz CT molecular complexity index is 1310. The fourth-order valence-corrected chi connectivity index (χ4v) is 4.68. The molecule has 2 heterocycles. The maximum Gasteiger partial charge on any atom is 0.294 e. The normalized spacial score (nSPS) is 14.6. The number of phenols is 1. The molecule has 1 fully saturated rings. The minimum atomic E-state index is -0.503. The Morgan fingerprint density at radius 1 is 1.09 bits per heavy atom. The van der Waals surface area contributed by atoms with Crippen LogP contribution in [0.3, 0.4) is 0 Å². The third-order valence-electron chi connectivity index (χ3n) is 5.49. The number of aryl methyl sites for hydroxylation is 1. The number of imide groups is 1. The van der Waals surface area contributed by atoms with Gasteiger partial charge in [0.15, 0.2) is 0 Å². The Morgan fingerprint density at radius 2 is 1.77 bits per heavy atom. The average Bonchev–Trinajstić information content (AvgIpc) is 3.25. The number of aromatic hydroxyl groups is 1. The van der Waals surface area contributed by atoms with E-state index in [1.54, 1.807) is 54.6 Å². The van der Waals surface area contributed by atoms with Crippen molar-refractivity contribution >= 4 is 40.6 Å². The van der Waals surface area contributed by atoms with Gasteiger partial charge in [-0.2, -0.15) is 0 Å². The van der Waals surface area contributed by atoms with Crippen LogP contribution in [-0.4, -0.2) is 44.8 Å². The lowest BCUT2D eigenvalue weighted by molar-refractivity contribution is -0.127. The molecule has 8 nitrogen and oxygen atoms in total. The van der Waals surface area contributed by atoms with E-state index in [2.05, 4.69) is 5.32 Å². The van der Waals surface area contributed by atoms with E-state index >= 15 is 0 Å². The lowest BCUT2D eigenvalue weighted by Gasteiger charge is -2.12. The van der Waals surface area contributed by atoms with Crippen molar-refractivity contribution in [1.82, 2.24) is 9.47 Å². The van der Waals surface area contributed by atoms with E-state index in [4.69, 9.17) is 4.74 Å². The number of hydrogen-bond acceptors (Lipinski definition) is 6. The van der Waals surface area contributed by atoms with Crippen molar-refractivity contribution in [2.24, 2.45) is 0 Å². The van der Waals surface area contributed by atoms with Gasteiger partial charge in [0.05, 0.1) is 11.5 Å². The Labute approximate surface area is 207 Å². The first-order valence-electron chi connectivity index (χ1n) is 11.0. The predicted molar refractivity (Wildman–Crippen MR) is 136 cm³/mol. The number of amides is 3. The summed E-state index contributed by atoms with van der Waals surface area (Å²) in [5.41, 5.74) is 4.03. The summed E-state index contributed by atoms with van der Waals surface area (Å²) in [6.45, 7) is 5.91. The number of thioether (sulfide) groups is 1. The lowest BCUT2D eigenvalue weighted by Crippen LogP contribution is -2.36. The second-order valence-corrected chi connectivity index (χ2v) is 8.94. The van der Waals surface area contributed by atoms with Gasteiger partial charge in [-0.1, -0.05) is 0 Å². The average molecular weight is 492 g/mol. The minimum Gasteiger partial charge on any atom is -0.508 e. The second-order valence-electron chi connectivity index (χ2n) is 7.95. The van der Waals surface area contributed by atoms with Crippen LogP contribution in [0.2, 0.25) is 0 Å². The SMILES string of the molecule is CCOc1ccc(NC(=O)CN2C(=O)S/C(=C/c3cc(C)n(-c4ccc(O)cc4)c3C)C2=O)cc1. The number of benzene rings is 2. The van der Waals surface area contributed by atoms with Crippen LogP contribution >= 0.6 is 11.8 Å².